The highest BCUT2D eigenvalue weighted by atomic mass is 32.2. The Morgan fingerprint density at radius 2 is 1.66 bits per heavy atom. The fourth-order valence-corrected chi connectivity index (χ4v) is 5.81. The summed E-state index contributed by atoms with van der Waals surface area (Å²) in [6.07, 6.45) is -4.31. The Bertz CT molecular complexity index is 2100. The van der Waals surface area contributed by atoms with Crippen molar-refractivity contribution in [3.63, 3.8) is 0 Å². The summed E-state index contributed by atoms with van der Waals surface area (Å²) in [5.74, 6) is -5.79. The molecule has 3 aromatic carbocycles. The van der Waals surface area contributed by atoms with E-state index in [4.69, 9.17) is 19.2 Å². The molecule has 2 aromatic heterocycles. The van der Waals surface area contributed by atoms with E-state index < -0.39 is 39.6 Å². The number of aromatic nitrogens is 2. The van der Waals surface area contributed by atoms with Crippen LogP contribution in [0.25, 0.3) is 22.0 Å². The number of carboxylic acids is 1. The van der Waals surface area contributed by atoms with Crippen molar-refractivity contribution in [1.82, 2.24) is 15.5 Å². The first-order valence-corrected chi connectivity index (χ1v) is 14.6. The number of carboxylic acid groups (broad SMARTS) is 1. The lowest BCUT2D eigenvalue weighted by Crippen LogP contribution is -2.50. The Hall–Kier alpha value is -5.36. The molecule has 0 unspecified atom stereocenters. The molecule has 0 saturated carbocycles. The topological polar surface area (TPSA) is 155 Å². The van der Waals surface area contributed by atoms with Crippen LogP contribution < -0.4 is 19.9 Å². The molecule has 246 valence electrons. The van der Waals surface area contributed by atoms with Crippen LogP contribution in [0, 0.1) is 17.5 Å². The molecule has 1 aliphatic rings. The molecule has 3 N–H and O–H groups in total. The van der Waals surface area contributed by atoms with Crippen LogP contribution in [0.5, 0.6) is 5.75 Å². The fraction of sp³-hybridized carbons (Fsp3) is 0.138. The van der Waals surface area contributed by atoms with Crippen LogP contribution in [0.3, 0.4) is 0 Å². The van der Waals surface area contributed by atoms with Gasteiger partial charge in [-0.1, -0.05) is 5.16 Å². The van der Waals surface area contributed by atoms with Crippen LogP contribution in [-0.2, 0) is 14.8 Å². The molecule has 5 aromatic rings. The first-order chi connectivity index (χ1) is 22.1. The highest BCUT2D eigenvalue weighted by Crippen LogP contribution is 2.42. The molecule has 6 rings (SSSR count). The number of nitrogens with zero attached hydrogens (tertiary/aromatic N) is 2. The van der Waals surface area contributed by atoms with Crippen molar-refractivity contribution >= 4 is 38.4 Å². The Labute approximate surface area is 260 Å². The summed E-state index contributed by atoms with van der Waals surface area (Å²) in [7, 11) is -4.50. The Balaban J connectivity index is 0.000000559. The van der Waals surface area contributed by atoms with Gasteiger partial charge in [-0.15, -0.1) is 0 Å². The fourth-order valence-electron chi connectivity index (χ4n) is 4.34. The van der Waals surface area contributed by atoms with Gasteiger partial charge in [0.2, 0.25) is 5.56 Å². The third-order valence-corrected chi connectivity index (χ3v) is 8.30. The van der Waals surface area contributed by atoms with Gasteiger partial charge in [-0.2, -0.15) is 13.2 Å². The molecule has 0 bridgehead atoms. The van der Waals surface area contributed by atoms with Crippen LogP contribution in [0.15, 0.2) is 87.2 Å². The lowest BCUT2D eigenvalue weighted by molar-refractivity contribution is -0.192. The third kappa shape index (κ3) is 7.23. The quantitative estimate of drug-likeness (QED) is 0.199. The van der Waals surface area contributed by atoms with E-state index in [2.05, 4.69) is 15.5 Å². The minimum atomic E-state index is -5.08. The number of hydrogen-bond acceptors (Lipinski definition) is 8. The number of halogens is 6. The molecule has 1 saturated heterocycles. The maximum Gasteiger partial charge on any atom is 0.490 e. The minimum Gasteiger partial charge on any atom is -0.486 e. The Morgan fingerprint density at radius 1 is 0.979 bits per heavy atom. The number of aromatic amines is 1. The molecule has 0 spiro atoms. The van der Waals surface area contributed by atoms with Gasteiger partial charge in [0, 0.05) is 48.4 Å². The van der Waals surface area contributed by atoms with E-state index in [0.717, 1.165) is 28.8 Å². The zero-order valence-electron chi connectivity index (χ0n) is 23.4. The first-order valence-electron chi connectivity index (χ1n) is 13.2. The number of hydrogen-bond donors (Lipinski definition) is 3. The van der Waals surface area contributed by atoms with Gasteiger partial charge in [-0.25, -0.2) is 30.7 Å². The number of sulfonamides is 1. The molecule has 18 heteroatoms. The first kappa shape index (κ1) is 33.0. The maximum atomic E-state index is 15.6. The number of nitrogens with one attached hydrogen (secondary N) is 2. The van der Waals surface area contributed by atoms with Crippen molar-refractivity contribution in [2.24, 2.45) is 0 Å². The molecule has 0 radical (unpaired) electrons. The molecule has 47 heavy (non-hydrogen) atoms. The van der Waals surface area contributed by atoms with Gasteiger partial charge in [0.05, 0.1) is 4.90 Å². The monoisotopic (exact) mass is 682 g/mol. The van der Waals surface area contributed by atoms with E-state index in [1.807, 2.05) is 0 Å². The zero-order valence-corrected chi connectivity index (χ0v) is 24.2. The summed E-state index contributed by atoms with van der Waals surface area (Å²) >= 11 is 0. The van der Waals surface area contributed by atoms with E-state index in [0.29, 0.717) is 30.1 Å². The number of rotatable bonds is 7. The van der Waals surface area contributed by atoms with Crippen LogP contribution >= 0.6 is 0 Å². The summed E-state index contributed by atoms with van der Waals surface area (Å²) in [6.45, 7) is 0.890. The molecule has 11 nitrogen and oxygen atoms in total. The van der Waals surface area contributed by atoms with Gasteiger partial charge < -0.3 is 24.7 Å². The summed E-state index contributed by atoms with van der Waals surface area (Å²) in [4.78, 5) is 23.0. The van der Waals surface area contributed by atoms with Crippen molar-refractivity contribution in [1.29, 1.82) is 0 Å². The number of anilines is 2. The van der Waals surface area contributed by atoms with Gasteiger partial charge >= 0.3 is 12.1 Å². The largest absolute Gasteiger partial charge is 0.490 e. The van der Waals surface area contributed by atoms with Crippen molar-refractivity contribution in [3.05, 3.63) is 101 Å². The summed E-state index contributed by atoms with van der Waals surface area (Å²) < 4.78 is 115. The van der Waals surface area contributed by atoms with Crippen molar-refractivity contribution in [3.8, 4) is 16.9 Å². The number of pyridine rings is 1. The molecule has 3 heterocycles. The second-order valence-electron chi connectivity index (χ2n) is 9.86. The second kappa shape index (κ2) is 12.8. The van der Waals surface area contributed by atoms with Crippen molar-refractivity contribution < 1.29 is 53.9 Å². The summed E-state index contributed by atoms with van der Waals surface area (Å²) in [6, 6.07) is 12.8. The molecule has 1 fully saturated rings. The number of H-pyrrole nitrogens is 1. The van der Waals surface area contributed by atoms with E-state index in [9.17, 15) is 35.2 Å². The number of fused-ring (bicyclic) bond motifs is 1. The number of ether oxygens (including phenoxy) is 1. The van der Waals surface area contributed by atoms with Crippen LogP contribution in [-0.4, -0.2) is 55.0 Å². The minimum absolute atomic E-state index is 0.0655. The van der Waals surface area contributed by atoms with Gasteiger partial charge in [-0.05, 0) is 53.4 Å². The summed E-state index contributed by atoms with van der Waals surface area (Å²) in [5.41, 5.74) is -0.471. The number of carbonyl (C=O) groups is 1. The van der Waals surface area contributed by atoms with Crippen molar-refractivity contribution in [2.75, 3.05) is 17.4 Å². The smallest absolute Gasteiger partial charge is 0.486 e. The number of benzene rings is 3. The maximum absolute atomic E-state index is 15.6. The average Bonchev–Trinajstić information content (AvgIpc) is 3.49. The normalized spacial score (nSPS) is 13.4. The second-order valence-corrected chi connectivity index (χ2v) is 11.6. The molecule has 0 amide bonds. The lowest BCUT2D eigenvalue weighted by Gasteiger charge is -2.31. The zero-order chi connectivity index (χ0) is 34.1. The van der Waals surface area contributed by atoms with Gasteiger partial charge in [0.1, 0.15) is 41.3 Å². The number of alkyl halides is 3. The van der Waals surface area contributed by atoms with Crippen LogP contribution in [0.1, 0.15) is 0 Å². The standard InChI is InChI=1S/C27H19F3N4O5S.C2HF3O2/c28-17-7-16(8-18(29)10-17)21-11-25(39-19-13-31-14-19)24(12-22(21)30)34(26-5-6-38-33-26)40(36,37)20-2-3-23-15(9-20)1-4-27(35)32-23;3-2(4,5)1(6)7/h1-12,19,31H,13-14H2,(H,32,35);(H,6,7). The SMILES string of the molecule is O=C(O)C(F)(F)F.O=c1ccc2cc(S(=O)(=O)N(c3ccon3)c3cc(F)c(-c4cc(F)cc(F)c4)cc3OC3CNC3)ccc2[nH]1. The van der Waals surface area contributed by atoms with E-state index in [1.165, 1.54) is 42.5 Å². The predicted molar refractivity (Wildman–Crippen MR) is 153 cm³/mol. The van der Waals surface area contributed by atoms with E-state index in [1.54, 1.807) is 0 Å². The van der Waals surface area contributed by atoms with Gasteiger partial charge in [0.25, 0.3) is 10.0 Å². The molecule has 0 aliphatic carbocycles. The van der Waals surface area contributed by atoms with Crippen molar-refractivity contribution in [2.45, 2.75) is 17.2 Å². The van der Waals surface area contributed by atoms with E-state index in [-0.39, 0.29) is 44.9 Å². The Kier molecular flexibility index (Phi) is 8.99. The molecular weight excluding hydrogens is 662 g/mol. The molecule has 1 aliphatic heterocycles. The highest BCUT2D eigenvalue weighted by molar-refractivity contribution is 7.93. The Morgan fingerprint density at radius 3 is 2.23 bits per heavy atom. The molecule has 0 atom stereocenters. The molecular formula is C29H20F6N4O7S. The van der Waals surface area contributed by atoms with E-state index >= 15 is 4.39 Å². The lowest BCUT2D eigenvalue weighted by atomic mass is 10.0. The number of aliphatic carboxylic acids is 1. The van der Waals surface area contributed by atoms with Gasteiger partial charge in [-0.3, -0.25) is 4.79 Å². The van der Waals surface area contributed by atoms with Crippen LogP contribution in [0.2, 0.25) is 0 Å². The average molecular weight is 683 g/mol. The highest BCUT2D eigenvalue weighted by Gasteiger charge is 2.38. The predicted octanol–water partition coefficient (Wildman–Crippen LogP) is 5.11. The van der Waals surface area contributed by atoms with Crippen LogP contribution in [0.4, 0.5) is 37.8 Å². The summed E-state index contributed by atoms with van der Waals surface area (Å²) in [5, 5.41) is 14.4. The third-order valence-electron chi connectivity index (χ3n) is 6.59. The van der Waals surface area contributed by atoms with Gasteiger partial charge in [0.15, 0.2) is 5.82 Å².